The lowest BCUT2D eigenvalue weighted by molar-refractivity contribution is 0.402. The van der Waals surface area contributed by atoms with Gasteiger partial charge < -0.3 is 4.90 Å². The largest absolute Gasteiger partial charge is 0.306 e. The normalized spacial score (nSPS) is 27.1. The van der Waals surface area contributed by atoms with Gasteiger partial charge in [0.2, 0.25) is 0 Å². The first-order valence-corrected chi connectivity index (χ1v) is 3.47. The molecule has 9 heavy (non-hydrogen) atoms. The third kappa shape index (κ3) is 3.31. The highest BCUT2D eigenvalue weighted by Crippen LogP contribution is 2.11. The summed E-state index contributed by atoms with van der Waals surface area (Å²) in [6.07, 6.45) is 1.40. The van der Waals surface area contributed by atoms with Gasteiger partial charge >= 0.3 is 0 Å². The first kappa shape index (κ1) is 8.70. The Morgan fingerprint density at radius 3 is 2.11 bits per heavy atom. The molecule has 1 aliphatic rings. The highest BCUT2D eigenvalue weighted by Gasteiger charge is 2.13. The van der Waals surface area contributed by atoms with Crippen molar-refractivity contribution in [2.45, 2.75) is 13.3 Å². The number of nitrogens with zero attached hydrogens (tertiary/aromatic N) is 1. The molecule has 1 atom stereocenters. The summed E-state index contributed by atoms with van der Waals surface area (Å²) in [7, 11) is 2.18. The molecule has 0 radical (unpaired) electrons. The lowest BCUT2D eigenvalue weighted by atomic mass is 10.2. The second-order valence-corrected chi connectivity index (χ2v) is 2.66. The zero-order valence-corrected chi connectivity index (χ0v) is 6.56. The molecule has 1 aliphatic heterocycles. The van der Waals surface area contributed by atoms with Crippen LogP contribution in [0.5, 0.6) is 0 Å². The van der Waals surface area contributed by atoms with E-state index in [2.05, 4.69) is 32.0 Å². The zero-order chi connectivity index (χ0) is 7.28. The van der Waals surface area contributed by atoms with Crippen LogP contribution in [0.3, 0.4) is 0 Å². The Labute approximate surface area is 58.4 Å². The van der Waals surface area contributed by atoms with Gasteiger partial charge in [-0.05, 0) is 25.9 Å². The Balaban J connectivity index is 0.000000291. The first-order valence-electron chi connectivity index (χ1n) is 3.47. The second kappa shape index (κ2) is 4.57. The molecule has 54 valence electrons. The molecular formula is C8H17N. The Morgan fingerprint density at radius 1 is 1.44 bits per heavy atom. The van der Waals surface area contributed by atoms with Crippen LogP contribution in [-0.4, -0.2) is 25.0 Å². The van der Waals surface area contributed by atoms with Gasteiger partial charge in [-0.15, -0.1) is 13.2 Å². The highest BCUT2D eigenvalue weighted by molar-refractivity contribution is 4.67. The van der Waals surface area contributed by atoms with Crippen LogP contribution in [0.4, 0.5) is 0 Å². The van der Waals surface area contributed by atoms with Crippen LogP contribution >= 0.6 is 0 Å². The molecule has 0 N–H and O–H groups in total. The minimum Gasteiger partial charge on any atom is -0.306 e. The van der Waals surface area contributed by atoms with E-state index in [1.807, 2.05) is 0 Å². The van der Waals surface area contributed by atoms with Crippen LogP contribution in [0.25, 0.3) is 0 Å². The van der Waals surface area contributed by atoms with E-state index in [4.69, 9.17) is 0 Å². The van der Waals surface area contributed by atoms with Crippen LogP contribution in [0.1, 0.15) is 13.3 Å². The number of rotatable bonds is 0. The van der Waals surface area contributed by atoms with Gasteiger partial charge in [-0.3, -0.25) is 0 Å². The summed E-state index contributed by atoms with van der Waals surface area (Å²) in [6.45, 7) is 10.9. The summed E-state index contributed by atoms with van der Waals surface area (Å²) >= 11 is 0. The highest BCUT2D eigenvalue weighted by atomic mass is 15.1. The average molecular weight is 127 g/mol. The Bertz CT molecular complexity index is 63.0. The van der Waals surface area contributed by atoms with Crippen LogP contribution in [0.15, 0.2) is 13.2 Å². The molecular weight excluding hydrogens is 110 g/mol. The van der Waals surface area contributed by atoms with Crippen LogP contribution in [0, 0.1) is 5.92 Å². The molecule has 0 aromatic rings. The Morgan fingerprint density at radius 2 is 2.00 bits per heavy atom. The second-order valence-electron chi connectivity index (χ2n) is 2.66. The fourth-order valence-electron chi connectivity index (χ4n) is 1.16. The van der Waals surface area contributed by atoms with Crippen molar-refractivity contribution in [3.05, 3.63) is 13.2 Å². The zero-order valence-electron chi connectivity index (χ0n) is 6.56. The van der Waals surface area contributed by atoms with Crippen LogP contribution in [0.2, 0.25) is 0 Å². The Hall–Kier alpha value is -0.300. The lowest BCUT2D eigenvalue weighted by Crippen LogP contribution is -2.12. The smallest absolute Gasteiger partial charge is 0.000445 e. The predicted octanol–water partition coefficient (Wildman–Crippen LogP) is 1.76. The van der Waals surface area contributed by atoms with Gasteiger partial charge in [0, 0.05) is 6.54 Å². The molecule has 0 aromatic carbocycles. The van der Waals surface area contributed by atoms with E-state index < -0.39 is 0 Å². The number of hydrogen-bond acceptors (Lipinski definition) is 1. The lowest BCUT2D eigenvalue weighted by Gasteiger charge is -2.03. The topological polar surface area (TPSA) is 3.24 Å². The summed E-state index contributed by atoms with van der Waals surface area (Å²) in [5.74, 6) is 0.949. The van der Waals surface area contributed by atoms with Gasteiger partial charge in [-0.2, -0.15) is 0 Å². The molecule has 0 spiro atoms. The maximum Gasteiger partial charge on any atom is 0.000445 e. The monoisotopic (exact) mass is 127 g/mol. The molecule has 1 nitrogen and oxygen atoms in total. The summed E-state index contributed by atoms with van der Waals surface area (Å²) in [5, 5.41) is 0. The van der Waals surface area contributed by atoms with E-state index in [-0.39, 0.29) is 0 Å². The molecule has 1 heterocycles. The quantitative estimate of drug-likeness (QED) is 0.448. The van der Waals surface area contributed by atoms with Gasteiger partial charge in [-0.25, -0.2) is 0 Å². The van der Waals surface area contributed by atoms with Gasteiger partial charge in [0.05, 0.1) is 0 Å². The fraction of sp³-hybridized carbons (Fsp3) is 0.750. The van der Waals surface area contributed by atoms with Gasteiger partial charge in [-0.1, -0.05) is 6.92 Å². The van der Waals surface area contributed by atoms with Crippen molar-refractivity contribution in [2.24, 2.45) is 5.92 Å². The molecule has 1 rings (SSSR count). The van der Waals surface area contributed by atoms with Crippen molar-refractivity contribution < 1.29 is 0 Å². The maximum absolute atomic E-state index is 3.00. The van der Waals surface area contributed by atoms with Crippen molar-refractivity contribution in [1.29, 1.82) is 0 Å². The van der Waals surface area contributed by atoms with Gasteiger partial charge in [0.25, 0.3) is 0 Å². The van der Waals surface area contributed by atoms with Crippen LogP contribution < -0.4 is 0 Å². The number of likely N-dealkylation sites (tertiary alicyclic amines) is 1. The standard InChI is InChI=1S/C6H13N.C2H4/c1-6-3-4-7(2)5-6;1-2/h6H,3-5H2,1-2H3;1-2H2. The fourth-order valence-corrected chi connectivity index (χ4v) is 1.16. The molecule has 1 heteroatoms. The molecule has 1 unspecified atom stereocenters. The molecule has 0 saturated carbocycles. The summed E-state index contributed by atoms with van der Waals surface area (Å²) < 4.78 is 0. The molecule has 0 amide bonds. The first-order chi connectivity index (χ1) is 4.29. The van der Waals surface area contributed by atoms with E-state index in [9.17, 15) is 0 Å². The van der Waals surface area contributed by atoms with Crippen molar-refractivity contribution in [2.75, 3.05) is 20.1 Å². The van der Waals surface area contributed by atoms with Crippen molar-refractivity contribution >= 4 is 0 Å². The van der Waals surface area contributed by atoms with Gasteiger partial charge in [0.1, 0.15) is 0 Å². The molecule has 1 saturated heterocycles. The summed E-state index contributed by atoms with van der Waals surface area (Å²) in [4.78, 5) is 2.38. The molecule has 1 fully saturated rings. The minimum atomic E-state index is 0.949. The van der Waals surface area contributed by atoms with E-state index in [1.165, 1.54) is 19.5 Å². The minimum absolute atomic E-state index is 0.949. The maximum atomic E-state index is 3.00. The van der Waals surface area contributed by atoms with Gasteiger partial charge in [0.15, 0.2) is 0 Å². The van der Waals surface area contributed by atoms with Crippen LogP contribution in [-0.2, 0) is 0 Å². The van der Waals surface area contributed by atoms with E-state index in [0.29, 0.717) is 0 Å². The summed E-state index contributed by atoms with van der Waals surface area (Å²) in [6, 6.07) is 0. The number of hydrogen-bond donors (Lipinski definition) is 0. The predicted molar refractivity (Wildman–Crippen MR) is 42.5 cm³/mol. The third-order valence-corrected chi connectivity index (χ3v) is 1.63. The molecule has 0 aromatic heterocycles. The molecule has 0 aliphatic carbocycles. The van der Waals surface area contributed by atoms with E-state index >= 15 is 0 Å². The van der Waals surface area contributed by atoms with E-state index in [0.717, 1.165) is 5.92 Å². The third-order valence-electron chi connectivity index (χ3n) is 1.63. The summed E-state index contributed by atoms with van der Waals surface area (Å²) in [5.41, 5.74) is 0. The van der Waals surface area contributed by atoms with Crippen molar-refractivity contribution in [1.82, 2.24) is 4.90 Å². The Kier molecular flexibility index (Phi) is 4.41. The van der Waals surface area contributed by atoms with Crippen molar-refractivity contribution in [3.8, 4) is 0 Å². The average Bonchev–Trinajstić information content (AvgIpc) is 2.20. The van der Waals surface area contributed by atoms with Crippen molar-refractivity contribution in [3.63, 3.8) is 0 Å². The molecule has 0 bridgehead atoms. The van der Waals surface area contributed by atoms with E-state index in [1.54, 1.807) is 0 Å². The SMILES string of the molecule is C=C.CC1CCN(C)C1.